The third-order valence-corrected chi connectivity index (χ3v) is 6.25. The second-order valence-electron chi connectivity index (χ2n) is 9.52. The molecular formula is C28H24ClF2N3O3. The molecule has 1 aliphatic heterocycles. The number of amides is 1. The number of aryl methyl sites for hydroxylation is 1. The predicted molar refractivity (Wildman–Crippen MR) is 139 cm³/mol. The SMILES string of the molecule is Cc1ccc(-c2nn(C(=O)Nc3cc4c(c(OC(F)F)c3)OC(C)(C)C4)cc2-c2ccc(Cl)cc2)cc1. The Balaban J connectivity index is 1.51. The number of nitrogens with zero attached hydrogens (tertiary/aromatic N) is 2. The van der Waals surface area contributed by atoms with Crippen molar-refractivity contribution in [3.05, 3.63) is 83.0 Å². The van der Waals surface area contributed by atoms with Crippen LogP contribution < -0.4 is 14.8 Å². The van der Waals surface area contributed by atoms with E-state index in [1.54, 1.807) is 24.4 Å². The summed E-state index contributed by atoms with van der Waals surface area (Å²) in [5.41, 5.74) is 4.51. The van der Waals surface area contributed by atoms with Crippen molar-refractivity contribution >= 4 is 23.3 Å². The van der Waals surface area contributed by atoms with Crippen molar-refractivity contribution in [2.45, 2.75) is 39.4 Å². The van der Waals surface area contributed by atoms with Gasteiger partial charge in [0.25, 0.3) is 0 Å². The number of alkyl halides is 2. The lowest BCUT2D eigenvalue weighted by Gasteiger charge is -2.18. The van der Waals surface area contributed by atoms with Crippen molar-refractivity contribution < 1.29 is 23.0 Å². The van der Waals surface area contributed by atoms with Gasteiger partial charge in [0.2, 0.25) is 0 Å². The second-order valence-corrected chi connectivity index (χ2v) is 9.96. The van der Waals surface area contributed by atoms with Gasteiger partial charge in [-0.3, -0.25) is 0 Å². The zero-order valence-electron chi connectivity index (χ0n) is 20.4. The lowest BCUT2D eigenvalue weighted by atomic mass is 10.0. The lowest BCUT2D eigenvalue weighted by molar-refractivity contribution is -0.0522. The van der Waals surface area contributed by atoms with Gasteiger partial charge in [-0.05, 0) is 44.5 Å². The van der Waals surface area contributed by atoms with Crippen LogP contribution in [0.1, 0.15) is 25.0 Å². The van der Waals surface area contributed by atoms with Gasteiger partial charge in [0.05, 0.1) is 0 Å². The number of carbonyl (C=O) groups excluding carboxylic acids is 1. The summed E-state index contributed by atoms with van der Waals surface area (Å²) in [6.45, 7) is 2.66. The van der Waals surface area contributed by atoms with Crippen LogP contribution in [0.5, 0.6) is 11.5 Å². The maximum absolute atomic E-state index is 13.3. The van der Waals surface area contributed by atoms with E-state index < -0.39 is 18.2 Å². The van der Waals surface area contributed by atoms with Gasteiger partial charge < -0.3 is 14.8 Å². The van der Waals surface area contributed by atoms with Crippen molar-refractivity contribution in [1.82, 2.24) is 9.78 Å². The summed E-state index contributed by atoms with van der Waals surface area (Å²) in [5, 5.41) is 7.91. The highest BCUT2D eigenvalue weighted by atomic mass is 35.5. The summed E-state index contributed by atoms with van der Waals surface area (Å²) in [4.78, 5) is 13.3. The highest BCUT2D eigenvalue weighted by Crippen LogP contribution is 2.44. The van der Waals surface area contributed by atoms with Gasteiger partial charge in [0, 0.05) is 46.1 Å². The Labute approximate surface area is 217 Å². The van der Waals surface area contributed by atoms with Crippen LogP contribution in [0.4, 0.5) is 19.3 Å². The van der Waals surface area contributed by atoms with E-state index in [0.29, 0.717) is 28.4 Å². The summed E-state index contributed by atoms with van der Waals surface area (Å²) < 4.78 is 37.8. The van der Waals surface area contributed by atoms with Crippen LogP contribution in [-0.4, -0.2) is 28.0 Å². The van der Waals surface area contributed by atoms with E-state index >= 15 is 0 Å². The number of aromatic nitrogens is 2. The van der Waals surface area contributed by atoms with E-state index in [0.717, 1.165) is 22.3 Å². The van der Waals surface area contributed by atoms with Crippen molar-refractivity contribution in [3.63, 3.8) is 0 Å². The Kier molecular flexibility index (Phi) is 6.37. The average molecular weight is 524 g/mol. The van der Waals surface area contributed by atoms with Gasteiger partial charge in [-0.2, -0.15) is 18.6 Å². The summed E-state index contributed by atoms with van der Waals surface area (Å²) in [6, 6.07) is 17.5. The average Bonchev–Trinajstić information content (AvgIpc) is 3.40. The van der Waals surface area contributed by atoms with Crippen LogP contribution in [0.2, 0.25) is 5.02 Å². The standard InChI is InChI=1S/C28H24ClF2N3O3/c1-16-4-6-18(7-5-16)24-22(17-8-10-20(29)11-9-17)15-34(33-24)27(35)32-21-12-19-14-28(2,3)37-25(19)23(13-21)36-26(30)31/h4-13,15,26H,14H2,1-3H3,(H,32,35). The number of ether oxygens (including phenoxy) is 2. The number of fused-ring (bicyclic) bond motifs is 1. The number of halogens is 3. The number of anilines is 1. The van der Waals surface area contributed by atoms with E-state index in [1.807, 2.05) is 57.2 Å². The molecule has 4 aromatic rings. The van der Waals surface area contributed by atoms with Crippen molar-refractivity contribution in [2.24, 2.45) is 0 Å². The molecule has 1 amide bonds. The lowest BCUT2D eigenvalue weighted by Crippen LogP contribution is -2.24. The van der Waals surface area contributed by atoms with Crippen LogP contribution in [0.3, 0.4) is 0 Å². The van der Waals surface area contributed by atoms with Gasteiger partial charge in [-0.15, -0.1) is 0 Å². The Hall–Kier alpha value is -3.91. The summed E-state index contributed by atoms with van der Waals surface area (Å²) in [7, 11) is 0. The van der Waals surface area contributed by atoms with Crippen LogP contribution in [-0.2, 0) is 6.42 Å². The zero-order chi connectivity index (χ0) is 26.3. The summed E-state index contributed by atoms with van der Waals surface area (Å²) in [6.07, 6.45) is 2.11. The molecule has 37 heavy (non-hydrogen) atoms. The Morgan fingerprint density at radius 3 is 2.46 bits per heavy atom. The molecular weight excluding hydrogens is 500 g/mol. The molecule has 2 heterocycles. The minimum absolute atomic E-state index is 0.129. The molecule has 1 N–H and O–H groups in total. The largest absolute Gasteiger partial charge is 0.483 e. The number of carbonyl (C=O) groups is 1. The quantitative estimate of drug-likeness (QED) is 0.293. The Morgan fingerprint density at radius 2 is 1.78 bits per heavy atom. The molecule has 6 nitrogen and oxygen atoms in total. The summed E-state index contributed by atoms with van der Waals surface area (Å²) in [5.74, 6) is 0.130. The smallest absolute Gasteiger partial charge is 0.387 e. The first kappa shape index (κ1) is 24.8. The topological polar surface area (TPSA) is 65.4 Å². The molecule has 0 unspecified atom stereocenters. The van der Waals surface area contributed by atoms with Crippen LogP contribution in [0.15, 0.2) is 66.9 Å². The Bertz CT molecular complexity index is 1400. The molecule has 0 radical (unpaired) electrons. The number of nitrogens with one attached hydrogen (secondary N) is 1. The third kappa shape index (κ3) is 5.29. The van der Waals surface area contributed by atoms with Crippen LogP contribution in [0.25, 0.3) is 22.4 Å². The molecule has 3 aromatic carbocycles. The molecule has 190 valence electrons. The first-order valence-corrected chi connectivity index (χ1v) is 12.0. The first-order valence-electron chi connectivity index (χ1n) is 11.6. The monoisotopic (exact) mass is 523 g/mol. The number of rotatable bonds is 5. The van der Waals surface area contributed by atoms with Crippen LogP contribution in [0, 0.1) is 6.92 Å². The maximum Gasteiger partial charge on any atom is 0.387 e. The molecule has 0 fully saturated rings. The molecule has 0 spiro atoms. The molecule has 0 saturated carbocycles. The fraction of sp³-hybridized carbons (Fsp3) is 0.214. The van der Waals surface area contributed by atoms with Gasteiger partial charge in [-0.25, -0.2) is 4.79 Å². The molecule has 0 bridgehead atoms. The van der Waals surface area contributed by atoms with E-state index in [9.17, 15) is 13.6 Å². The minimum atomic E-state index is -3.03. The van der Waals surface area contributed by atoms with Gasteiger partial charge in [0.1, 0.15) is 11.3 Å². The summed E-state index contributed by atoms with van der Waals surface area (Å²) >= 11 is 6.07. The fourth-order valence-corrected chi connectivity index (χ4v) is 4.48. The third-order valence-electron chi connectivity index (χ3n) is 6.00. The van der Waals surface area contributed by atoms with E-state index in [2.05, 4.69) is 10.4 Å². The van der Waals surface area contributed by atoms with Gasteiger partial charge in [0.15, 0.2) is 11.5 Å². The maximum atomic E-state index is 13.3. The molecule has 0 saturated heterocycles. The fourth-order valence-electron chi connectivity index (χ4n) is 4.36. The van der Waals surface area contributed by atoms with Crippen LogP contribution >= 0.6 is 11.6 Å². The highest BCUT2D eigenvalue weighted by Gasteiger charge is 2.34. The molecule has 1 aromatic heterocycles. The normalized spacial score (nSPS) is 13.8. The number of hydrogen-bond donors (Lipinski definition) is 1. The van der Waals surface area contributed by atoms with Crippen molar-refractivity contribution in [1.29, 1.82) is 0 Å². The Morgan fingerprint density at radius 1 is 1.11 bits per heavy atom. The van der Waals surface area contributed by atoms with E-state index in [4.69, 9.17) is 21.1 Å². The minimum Gasteiger partial charge on any atom is -0.483 e. The van der Waals surface area contributed by atoms with E-state index in [-0.39, 0.29) is 11.5 Å². The van der Waals surface area contributed by atoms with E-state index in [1.165, 1.54) is 10.7 Å². The zero-order valence-corrected chi connectivity index (χ0v) is 21.1. The molecule has 0 aliphatic carbocycles. The number of benzene rings is 3. The molecule has 0 atom stereocenters. The molecule has 1 aliphatic rings. The second kappa shape index (κ2) is 9.52. The van der Waals surface area contributed by atoms with Crippen molar-refractivity contribution in [3.8, 4) is 33.9 Å². The predicted octanol–water partition coefficient (Wildman–Crippen LogP) is 7.57. The van der Waals surface area contributed by atoms with Gasteiger partial charge >= 0.3 is 12.6 Å². The molecule has 5 rings (SSSR count). The highest BCUT2D eigenvalue weighted by molar-refractivity contribution is 6.30. The van der Waals surface area contributed by atoms with Crippen molar-refractivity contribution in [2.75, 3.05) is 5.32 Å². The first-order chi connectivity index (χ1) is 17.6. The van der Waals surface area contributed by atoms with Gasteiger partial charge in [-0.1, -0.05) is 53.6 Å². The molecule has 9 heteroatoms. The number of hydrogen-bond acceptors (Lipinski definition) is 4.